The average Bonchev–Trinajstić information content (AvgIpc) is 2.39. The minimum Gasteiger partial charge on any atom is -0.481 e. The number of carboxylic acids is 1. The molecule has 19 heavy (non-hydrogen) atoms. The molecule has 0 spiro atoms. The van der Waals surface area contributed by atoms with Gasteiger partial charge in [0.05, 0.1) is 13.0 Å². The van der Waals surface area contributed by atoms with Crippen molar-refractivity contribution in [2.75, 3.05) is 20.3 Å². The molecular weight excluding hydrogens is 246 g/mol. The number of nitrogens with one attached hydrogen (secondary N) is 1. The number of amides is 1. The largest absolute Gasteiger partial charge is 0.481 e. The summed E-state index contributed by atoms with van der Waals surface area (Å²) in [4.78, 5) is 22.6. The second-order valence-electron chi connectivity index (χ2n) is 4.25. The maximum atomic E-state index is 11.7. The molecule has 0 aromatic heterocycles. The number of benzene rings is 1. The molecule has 0 saturated carbocycles. The van der Waals surface area contributed by atoms with Crippen molar-refractivity contribution in [1.29, 1.82) is 0 Å². The molecule has 5 nitrogen and oxygen atoms in total. The SMILES string of the molecule is COCCNC(=O)C[C@@H](CC(=O)O)c1ccccc1. The highest BCUT2D eigenvalue weighted by molar-refractivity contribution is 5.78. The Morgan fingerprint density at radius 2 is 1.95 bits per heavy atom. The summed E-state index contributed by atoms with van der Waals surface area (Å²) in [5.74, 6) is -1.37. The molecule has 104 valence electrons. The summed E-state index contributed by atoms with van der Waals surface area (Å²) in [5, 5.41) is 11.6. The summed E-state index contributed by atoms with van der Waals surface area (Å²) in [5.41, 5.74) is 0.867. The van der Waals surface area contributed by atoms with E-state index in [9.17, 15) is 9.59 Å². The number of aliphatic carboxylic acids is 1. The van der Waals surface area contributed by atoms with E-state index in [-0.39, 0.29) is 24.7 Å². The Morgan fingerprint density at radius 1 is 1.26 bits per heavy atom. The quantitative estimate of drug-likeness (QED) is 0.697. The summed E-state index contributed by atoms with van der Waals surface area (Å²) in [7, 11) is 1.56. The van der Waals surface area contributed by atoms with Crippen molar-refractivity contribution in [3.05, 3.63) is 35.9 Å². The minimum absolute atomic E-state index is 0.0539. The first-order valence-electron chi connectivity index (χ1n) is 6.16. The third kappa shape index (κ3) is 6.01. The maximum absolute atomic E-state index is 11.7. The van der Waals surface area contributed by atoms with Crippen molar-refractivity contribution >= 4 is 11.9 Å². The Balaban J connectivity index is 2.60. The van der Waals surface area contributed by atoms with Gasteiger partial charge in [-0.2, -0.15) is 0 Å². The highest BCUT2D eigenvalue weighted by Crippen LogP contribution is 2.23. The molecule has 1 rings (SSSR count). The zero-order valence-corrected chi connectivity index (χ0v) is 11.0. The van der Waals surface area contributed by atoms with E-state index in [2.05, 4.69) is 5.32 Å². The van der Waals surface area contributed by atoms with Gasteiger partial charge >= 0.3 is 5.97 Å². The van der Waals surface area contributed by atoms with E-state index >= 15 is 0 Å². The highest BCUT2D eigenvalue weighted by atomic mass is 16.5. The molecule has 0 aliphatic carbocycles. The predicted molar refractivity (Wildman–Crippen MR) is 70.9 cm³/mol. The van der Waals surface area contributed by atoms with Crippen LogP contribution in [0.3, 0.4) is 0 Å². The van der Waals surface area contributed by atoms with Crippen molar-refractivity contribution < 1.29 is 19.4 Å². The standard InChI is InChI=1S/C14H19NO4/c1-19-8-7-15-13(16)9-12(10-14(17)18)11-5-3-2-4-6-11/h2-6,12H,7-10H2,1H3,(H,15,16)(H,17,18)/t12-/m0/s1. The zero-order valence-electron chi connectivity index (χ0n) is 11.0. The van der Waals surface area contributed by atoms with Crippen LogP contribution in [0.15, 0.2) is 30.3 Å². The lowest BCUT2D eigenvalue weighted by Crippen LogP contribution is -2.28. The number of carbonyl (C=O) groups excluding carboxylic acids is 1. The Hall–Kier alpha value is -1.88. The topological polar surface area (TPSA) is 75.6 Å². The van der Waals surface area contributed by atoms with Crippen LogP contribution in [0.25, 0.3) is 0 Å². The van der Waals surface area contributed by atoms with Crippen LogP contribution in [0.4, 0.5) is 0 Å². The number of hydrogen-bond acceptors (Lipinski definition) is 3. The third-order valence-corrected chi connectivity index (χ3v) is 2.75. The summed E-state index contributed by atoms with van der Waals surface area (Å²) in [6, 6.07) is 9.23. The number of methoxy groups -OCH3 is 1. The van der Waals surface area contributed by atoms with Gasteiger partial charge in [0.2, 0.25) is 5.91 Å². The van der Waals surface area contributed by atoms with Crippen LogP contribution in [0.1, 0.15) is 24.3 Å². The number of rotatable bonds is 8. The normalized spacial score (nSPS) is 11.8. The van der Waals surface area contributed by atoms with Crippen molar-refractivity contribution in [2.45, 2.75) is 18.8 Å². The third-order valence-electron chi connectivity index (χ3n) is 2.75. The molecule has 0 unspecified atom stereocenters. The van der Waals surface area contributed by atoms with Gasteiger partial charge in [0, 0.05) is 26.0 Å². The average molecular weight is 265 g/mol. The molecule has 0 aliphatic rings. The van der Waals surface area contributed by atoms with Gasteiger partial charge in [-0.3, -0.25) is 9.59 Å². The Bertz CT molecular complexity index is 405. The Morgan fingerprint density at radius 3 is 2.53 bits per heavy atom. The van der Waals surface area contributed by atoms with E-state index in [0.29, 0.717) is 13.2 Å². The molecule has 0 radical (unpaired) electrons. The smallest absolute Gasteiger partial charge is 0.303 e. The lowest BCUT2D eigenvalue weighted by molar-refractivity contribution is -0.137. The number of carbonyl (C=O) groups is 2. The molecule has 0 saturated heterocycles. The number of carboxylic acid groups (broad SMARTS) is 1. The Kier molecular flexibility index (Phi) is 6.60. The van der Waals surface area contributed by atoms with Gasteiger partial charge in [0.15, 0.2) is 0 Å². The molecular formula is C14H19NO4. The second-order valence-corrected chi connectivity index (χ2v) is 4.25. The van der Waals surface area contributed by atoms with Crippen molar-refractivity contribution in [3.63, 3.8) is 0 Å². The first kappa shape index (κ1) is 15.2. The Labute approximate surface area is 112 Å². The van der Waals surface area contributed by atoms with Gasteiger partial charge in [-0.25, -0.2) is 0 Å². The van der Waals surface area contributed by atoms with Gasteiger partial charge in [0.25, 0.3) is 0 Å². The predicted octanol–water partition coefficient (Wildman–Crippen LogP) is 1.40. The van der Waals surface area contributed by atoms with E-state index in [1.165, 1.54) is 0 Å². The fourth-order valence-electron chi connectivity index (χ4n) is 1.83. The molecule has 0 heterocycles. The molecule has 2 N–H and O–H groups in total. The molecule has 1 atom stereocenters. The first-order valence-corrected chi connectivity index (χ1v) is 6.16. The molecule has 1 aromatic rings. The van der Waals surface area contributed by atoms with E-state index in [0.717, 1.165) is 5.56 Å². The molecule has 5 heteroatoms. The van der Waals surface area contributed by atoms with Crippen LogP contribution in [-0.2, 0) is 14.3 Å². The number of ether oxygens (including phenoxy) is 1. The maximum Gasteiger partial charge on any atom is 0.303 e. The van der Waals surface area contributed by atoms with Gasteiger partial charge in [0.1, 0.15) is 0 Å². The zero-order chi connectivity index (χ0) is 14.1. The molecule has 1 aromatic carbocycles. The molecule has 0 fully saturated rings. The summed E-state index contributed by atoms with van der Waals surface area (Å²) >= 11 is 0. The van der Waals surface area contributed by atoms with E-state index in [1.807, 2.05) is 30.3 Å². The summed E-state index contributed by atoms with van der Waals surface area (Å²) in [6.45, 7) is 0.880. The van der Waals surface area contributed by atoms with Gasteiger partial charge in [-0.15, -0.1) is 0 Å². The molecule has 0 bridgehead atoms. The lowest BCUT2D eigenvalue weighted by Gasteiger charge is -2.15. The van der Waals surface area contributed by atoms with E-state index in [4.69, 9.17) is 9.84 Å². The van der Waals surface area contributed by atoms with Crippen molar-refractivity contribution in [3.8, 4) is 0 Å². The van der Waals surface area contributed by atoms with Gasteiger partial charge < -0.3 is 15.2 Å². The number of hydrogen-bond donors (Lipinski definition) is 2. The van der Waals surface area contributed by atoms with Crippen molar-refractivity contribution in [2.24, 2.45) is 0 Å². The van der Waals surface area contributed by atoms with Crippen LogP contribution in [0.5, 0.6) is 0 Å². The van der Waals surface area contributed by atoms with E-state index in [1.54, 1.807) is 7.11 Å². The second kappa shape index (κ2) is 8.26. The van der Waals surface area contributed by atoms with Gasteiger partial charge in [-0.05, 0) is 5.56 Å². The summed E-state index contributed by atoms with van der Waals surface area (Å²) in [6.07, 6.45) is 0.113. The van der Waals surface area contributed by atoms with Crippen LogP contribution in [-0.4, -0.2) is 37.2 Å². The fraction of sp³-hybridized carbons (Fsp3) is 0.429. The molecule has 0 aliphatic heterocycles. The fourth-order valence-corrected chi connectivity index (χ4v) is 1.83. The lowest BCUT2D eigenvalue weighted by atomic mass is 9.92. The van der Waals surface area contributed by atoms with E-state index < -0.39 is 5.97 Å². The molecule has 1 amide bonds. The van der Waals surface area contributed by atoms with Crippen LogP contribution >= 0.6 is 0 Å². The van der Waals surface area contributed by atoms with Crippen LogP contribution in [0, 0.1) is 0 Å². The van der Waals surface area contributed by atoms with Gasteiger partial charge in [-0.1, -0.05) is 30.3 Å². The van der Waals surface area contributed by atoms with Crippen LogP contribution in [0.2, 0.25) is 0 Å². The van der Waals surface area contributed by atoms with Crippen LogP contribution < -0.4 is 5.32 Å². The first-order chi connectivity index (χ1) is 9.13. The minimum atomic E-state index is -0.904. The monoisotopic (exact) mass is 265 g/mol. The van der Waals surface area contributed by atoms with Crippen molar-refractivity contribution in [1.82, 2.24) is 5.32 Å². The summed E-state index contributed by atoms with van der Waals surface area (Å²) < 4.78 is 4.84. The highest BCUT2D eigenvalue weighted by Gasteiger charge is 2.18.